The van der Waals surface area contributed by atoms with Crippen LogP contribution in [0, 0.1) is 5.92 Å². The molecule has 2 rings (SSSR count). The van der Waals surface area contributed by atoms with Gasteiger partial charge in [-0.15, -0.1) is 24.0 Å². The highest BCUT2D eigenvalue weighted by molar-refractivity contribution is 14.0. The van der Waals surface area contributed by atoms with E-state index in [4.69, 9.17) is 15.2 Å². The van der Waals surface area contributed by atoms with Gasteiger partial charge < -0.3 is 25.8 Å². The monoisotopic (exact) mass is 547 g/mol. The van der Waals surface area contributed by atoms with Gasteiger partial charge in [-0.25, -0.2) is 0 Å². The summed E-state index contributed by atoms with van der Waals surface area (Å²) in [5.41, 5.74) is 6.17. The van der Waals surface area contributed by atoms with Crippen LogP contribution in [-0.2, 0) is 16.1 Å². The van der Waals surface area contributed by atoms with Crippen molar-refractivity contribution < 1.29 is 14.3 Å². The number of primary amides is 1. The zero-order chi connectivity index (χ0) is 21.8. The Balaban J connectivity index is 0.00000480. The number of nitrogens with zero attached hydrogens (tertiary/aromatic N) is 2. The zero-order valence-corrected chi connectivity index (χ0v) is 21.3. The second kappa shape index (κ2) is 15.3. The molecule has 1 atom stereocenters. The van der Waals surface area contributed by atoms with Crippen molar-refractivity contribution in [2.45, 2.75) is 39.3 Å². The van der Waals surface area contributed by atoms with Gasteiger partial charge >= 0.3 is 0 Å². The molecule has 0 aromatic heterocycles. The van der Waals surface area contributed by atoms with Gasteiger partial charge in [0.1, 0.15) is 5.75 Å². The van der Waals surface area contributed by atoms with Crippen molar-refractivity contribution in [3.8, 4) is 5.75 Å². The number of nitrogens with one attached hydrogen (secondary N) is 2. The lowest BCUT2D eigenvalue weighted by Crippen LogP contribution is -2.53. The molecule has 4 N–H and O–H groups in total. The quantitative estimate of drug-likeness (QED) is 0.223. The van der Waals surface area contributed by atoms with Crippen LogP contribution in [0.3, 0.4) is 0 Å². The molecule has 0 bridgehead atoms. The van der Waals surface area contributed by atoms with E-state index in [1.54, 1.807) is 7.05 Å². The van der Waals surface area contributed by atoms with E-state index < -0.39 is 5.91 Å². The number of aliphatic imine (C=N–C) groups is 1. The summed E-state index contributed by atoms with van der Waals surface area (Å²) in [5.74, 6) is 1.53. The van der Waals surface area contributed by atoms with Crippen molar-refractivity contribution in [2.75, 3.05) is 46.5 Å². The Hall–Kier alpha value is -1.59. The topological polar surface area (TPSA) is 101 Å². The number of carbonyl (C=O) groups is 1. The molecule has 1 aromatic carbocycles. The lowest BCUT2D eigenvalue weighted by atomic mass is 9.92. The Labute approximate surface area is 203 Å². The van der Waals surface area contributed by atoms with Crippen molar-refractivity contribution in [1.82, 2.24) is 15.5 Å². The van der Waals surface area contributed by atoms with Gasteiger partial charge in [0.25, 0.3) is 5.91 Å². The van der Waals surface area contributed by atoms with Crippen LogP contribution in [0.5, 0.6) is 5.75 Å². The van der Waals surface area contributed by atoms with Gasteiger partial charge in [0.05, 0.1) is 13.2 Å². The molecule has 1 fully saturated rings. The van der Waals surface area contributed by atoms with Crippen LogP contribution in [0.4, 0.5) is 0 Å². The van der Waals surface area contributed by atoms with Crippen LogP contribution in [0.2, 0.25) is 0 Å². The van der Waals surface area contributed by atoms with E-state index in [2.05, 4.69) is 34.4 Å². The third-order valence-corrected chi connectivity index (χ3v) is 5.55. The van der Waals surface area contributed by atoms with E-state index in [0.717, 1.165) is 57.2 Å². The van der Waals surface area contributed by atoms with Crippen LogP contribution >= 0.6 is 24.0 Å². The number of rotatable bonds is 11. The summed E-state index contributed by atoms with van der Waals surface area (Å²) in [6, 6.07) is 8.04. The van der Waals surface area contributed by atoms with Gasteiger partial charge in [-0.2, -0.15) is 0 Å². The predicted molar refractivity (Wildman–Crippen MR) is 135 cm³/mol. The van der Waals surface area contributed by atoms with Crippen LogP contribution in [0.25, 0.3) is 0 Å². The first-order chi connectivity index (χ1) is 14.6. The Kier molecular flexibility index (Phi) is 13.5. The molecule has 1 aliphatic rings. The molecule has 31 heavy (non-hydrogen) atoms. The van der Waals surface area contributed by atoms with Crippen molar-refractivity contribution in [3.63, 3.8) is 0 Å². The molecule has 1 heterocycles. The van der Waals surface area contributed by atoms with Crippen LogP contribution in [0.1, 0.15) is 32.3 Å². The summed E-state index contributed by atoms with van der Waals surface area (Å²) >= 11 is 0. The number of nitrogens with two attached hydrogens (primary N) is 1. The van der Waals surface area contributed by atoms with E-state index in [1.807, 2.05) is 24.3 Å². The highest BCUT2D eigenvalue weighted by atomic mass is 127. The van der Waals surface area contributed by atoms with Crippen molar-refractivity contribution in [1.29, 1.82) is 0 Å². The zero-order valence-electron chi connectivity index (χ0n) is 18.9. The van der Waals surface area contributed by atoms with Gasteiger partial charge in [-0.3, -0.25) is 14.7 Å². The molecule has 1 amide bonds. The number of benzene rings is 1. The SMILES string of the molecule is CCC(CC)C(CNC(=NC)NCc1cccc(OCC(N)=O)c1)N1CCOCC1.I. The smallest absolute Gasteiger partial charge is 0.255 e. The van der Waals surface area contributed by atoms with Gasteiger partial charge in [-0.1, -0.05) is 38.8 Å². The molecule has 0 radical (unpaired) electrons. The first kappa shape index (κ1) is 27.4. The van der Waals surface area contributed by atoms with Crippen molar-refractivity contribution >= 4 is 35.8 Å². The lowest BCUT2D eigenvalue weighted by Gasteiger charge is -2.39. The first-order valence-corrected chi connectivity index (χ1v) is 10.8. The first-order valence-electron chi connectivity index (χ1n) is 10.8. The Morgan fingerprint density at radius 2 is 1.97 bits per heavy atom. The number of halogens is 1. The molecule has 9 heteroatoms. The number of hydrogen-bond donors (Lipinski definition) is 3. The summed E-state index contributed by atoms with van der Waals surface area (Å²) in [6.07, 6.45) is 2.31. The molecule has 1 unspecified atom stereocenters. The highest BCUT2D eigenvalue weighted by Gasteiger charge is 2.27. The van der Waals surface area contributed by atoms with E-state index in [0.29, 0.717) is 24.3 Å². The Morgan fingerprint density at radius 3 is 2.58 bits per heavy atom. The maximum Gasteiger partial charge on any atom is 0.255 e. The fourth-order valence-electron chi connectivity index (χ4n) is 3.84. The summed E-state index contributed by atoms with van der Waals surface area (Å²) in [6.45, 7) is 9.41. The Morgan fingerprint density at radius 1 is 1.26 bits per heavy atom. The third-order valence-electron chi connectivity index (χ3n) is 5.55. The minimum Gasteiger partial charge on any atom is -0.484 e. The number of morpholine rings is 1. The minimum absolute atomic E-state index is 0. The maximum atomic E-state index is 10.9. The summed E-state index contributed by atoms with van der Waals surface area (Å²) in [7, 11) is 1.78. The fourth-order valence-corrected chi connectivity index (χ4v) is 3.84. The molecular weight excluding hydrogens is 509 g/mol. The normalized spacial score (nSPS) is 15.8. The average Bonchev–Trinajstić information content (AvgIpc) is 2.78. The van der Waals surface area contributed by atoms with E-state index >= 15 is 0 Å². The third kappa shape index (κ3) is 9.61. The van der Waals surface area contributed by atoms with Gasteiger partial charge in [0.15, 0.2) is 12.6 Å². The molecular formula is C22H38IN5O3. The molecule has 1 aromatic rings. The maximum absolute atomic E-state index is 10.9. The predicted octanol–water partition coefficient (Wildman–Crippen LogP) is 1.97. The molecule has 1 aliphatic heterocycles. The van der Waals surface area contributed by atoms with Crippen LogP contribution in [-0.4, -0.2) is 69.3 Å². The number of amides is 1. The van der Waals surface area contributed by atoms with Crippen molar-refractivity contribution in [3.05, 3.63) is 29.8 Å². The van der Waals surface area contributed by atoms with Crippen LogP contribution in [0.15, 0.2) is 29.3 Å². The fraction of sp³-hybridized carbons (Fsp3) is 0.636. The number of carbonyl (C=O) groups excluding carboxylic acids is 1. The van der Waals surface area contributed by atoms with Crippen molar-refractivity contribution in [2.24, 2.45) is 16.6 Å². The number of hydrogen-bond acceptors (Lipinski definition) is 5. The summed E-state index contributed by atoms with van der Waals surface area (Å²) in [5, 5.41) is 6.86. The lowest BCUT2D eigenvalue weighted by molar-refractivity contribution is -0.119. The molecule has 1 saturated heterocycles. The second-order valence-corrected chi connectivity index (χ2v) is 7.50. The minimum atomic E-state index is -0.490. The second-order valence-electron chi connectivity index (χ2n) is 7.50. The van der Waals surface area contributed by atoms with E-state index in [9.17, 15) is 4.79 Å². The molecule has 0 aliphatic carbocycles. The van der Waals surface area contributed by atoms with Gasteiger partial charge in [-0.05, 0) is 23.6 Å². The van der Waals surface area contributed by atoms with Crippen LogP contribution < -0.4 is 21.1 Å². The van der Waals surface area contributed by atoms with Gasteiger partial charge in [0.2, 0.25) is 0 Å². The molecule has 0 spiro atoms. The standard InChI is InChI=1S/C22H37N5O3.HI/c1-4-18(5-2)20(27-9-11-29-12-10-27)15-26-22(24-3)25-14-17-7-6-8-19(13-17)30-16-21(23)28;/h6-8,13,18,20H,4-5,9-12,14-16H2,1-3H3,(H2,23,28)(H2,24,25,26);1H. The highest BCUT2D eigenvalue weighted by Crippen LogP contribution is 2.19. The summed E-state index contributed by atoms with van der Waals surface area (Å²) < 4.78 is 10.9. The summed E-state index contributed by atoms with van der Waals surface area (Å²) in [4.78, 5) is 17.8. The molecule has 8 nitrogen and oxygen atoms in total. The Bertz CT molecular complexity index is 679. The van der Waals surface area contributed by atoms with E-state index in [-0.39, 0.29) is 30.6 Å². The number of guanidine groups is 1. The van der Waals surface area contributed by atoms with E-state index in [1.165, 1.54) is 0 Å². The molecule has 176 valence electrons. The largest absolute Gasteiger partial charge is 0.484 e. The van der Waals surface area contributed by atoms with Gasteiger partial charge in [0, 0.05) is 39.3 Å². The number of ether oxygens (including phenoxy) is 2. The average molecular weight is 547 g/mol. The molecule has 0 saturated carbocycles.